The minimum absolute atomic E-state index is 0.0869. The predicted octanol–water partition coefficient (Wildman–Crippen LogP) is 3.78. The third-order valence-electron chi connectivity index (χ3n) is 2.16. The van der Waals surface area contributed by atoms with Crippen molar-refractivity contribution in [3.8, 4) is 0 Å². The number of hydrogen-bond acceptors (Lipinski definition) is 2. The highest BCUT2D eigenvalue weighted by Crippen LogP contribution is 2.26. The van der Waals surface area contributed by atoms with Gasteiger partial charge < -0.3 is 0 Å². The summed E-state index contributed by atoms with van der Waals surface area (Å²) < 4.78 is 25.9. The monoisotopic (exact) mass is 295 g/mol. The van der Waals surface area contributed by atoms with Crippen LogP contribution in [0.3, 0.4) is 0 Å². The van der Waals surface area contributed by atoms with Crippen molar-refractivity contribution in [1.29, 1.82) is 0 Å². The topological polar surface area (TPSA) is 46.2 Å². The maximum atomic E-state index is 11.7. The Bertz CT molecular complexity index is 486. The van der Waals surface area contributed by atoms with Crippen LogP contribution in [0.2, 0.25) is 10.0 Å². The van der Waals surface area contributed by atoms with E-state index < -0.39 is 10.0 Å². The van der Waals surface area contributed by atoms with Crippen LogP contribution in [-0.2, 0) is 10.0 Å². The van der Waals surface area contributed by atoms with Crippen molar-refractivity contribution >= 4 is 38.9 Å². The number of halogens is 2. The molecule has 0 aliphatic heterocycles. The number of hydrogen-bond donors (Lipinski definition) is 1. The molecule has 0 saturated heterocycles. The van der Waals surface area contributed by atoms with Crippen molar-refractivity contribution in [1.82, 2.24) is 0 Å². The van der Waals surface area contributed by atoms with Gasteiger partial charge in [0, 0.05) is 5.02 Å². The molecule has 6 heteroatoms. The van der Waals surface area contributed by atoms with Gasteiger partial charge in [-0.05, 0) is 30.5 Å². The predicted molar refractivity (Wildman–Crippen MR) is 73.3 cm³/mol. The summed E-state index contributed by atoms with van der Waals surface area (Å²) in [5.74, 6) is 0.427. The molecule has 3 nitrogen and oxygen atoms in total. The molecule has 0 aliphatic carbocycles. The van der Waals surface area contributed by atoms with E-state index in [9.17, 15) is 8.42 Å². The Morgan fingerprint density at radius 3 is 2.47 bits per heavy atom. The minimum Gasteiger partial charge on any atom is -0.282 e. The Hall–Kier alpha value is -0.450. The Morgan fingerprint density at radius 1 is 1.29 bits per heavy atom. The number of rotatable bonds is 5. The maximum Gasteiger partial charge on any atom is 0.232 e. The number of sulfonamides is 1. The maximum absolute atomic E-state index is 11.7. The summed E-state index contributed by atoms with van der Waals surface area (Å²) >= 11 is 11.6. The van der Waals surface area contributed by atoms with Gasteiger partial charge in [0.1, 0.15) is 0 Å². The molecular formula is C11H15Cl2NO2S. The molecule has 1 rings (SSSR count). The summed E-state index contributed by atoms with van der Waals surface area (Å²) in [6.45, 7) is 3.95. The van der Waals surface area contributed by atoms with Crippen LogP contribution >= 0.6 is 23.2 Å². The number of anilines is 1. The van der Waals surface area contributed by atoms with E-state index in [0.717, 1.165) is 0 Å². The van der Waals surface area contributed by atoms with Crippen LogP contribution in [0.1, 0.15) is 20.3 Å². The van der Waals surface area contributed by atoms with Gasteiger partial charge in [-0.1, -0.05) is 37.0 Å². The van der Waals surface area contributed by atoms with E-state index in [4.69, 9.17) is 23.2 Å². The summed E-state index contributed by atoms with van der Waals surface area (Å²) in [7, 11) is -3.34. The third kappa shape index (κ3) is 5.15. The van der Waals surface area contributed by atoms with Gasteiger partial charge in [0.05, 0.1) is 16.5 Å². The molecular weight excluding hydrogens is 281 g/mol. The molecule has 0 heterocycles. The SMILES string of the molecule is CC(C)CCS(=O)(=O)Nc1ccc(Cl)cc1Cl. The number of nitrogens with one attached hydrogen (secondary N) is 1. The molecule has 0 bridgehead atoms. The first kappa shape index (κ1) is 14.6. The van der Waals surface area contributed by atoms with Crippen molar-refractivity contribution < 1.29 is 8.42 Å². The van der Waals surface area contributed by atoms with E-state index in [0.29, 0.717) is 28.1 Å². The van der Waals surface area contributed by atoms with Gasteiger partial charge in [-0.15, -0.1) is 0 Å². The summed E-state index contributed by atoms with van der Waals surface area (Å²) in [5, 5.41) is 0.769. The Kier molecular flexibility index (Phi) is 5.10. The lowest BCUT2D eigenvalue weighted by Gasteiger charge is -2.10. The highest BCUT2D eigenvalue weighted by Gasteiger charge is 2.13. The first-order chi connectivity index (χ1) is 7.80. The second-order valence-electron chi connectivity index (χ2n) is 4.23. The fourth-order valence-electron chi connectivity index (χ4n) is 1.18. The van der Waals surface area contributed by atoms with Crippen molar-refractivity contribution in [2.45, 2.75) is 20.3 Å². The fourth-order valence-corrected chi connectivity index (χ4v) is 3.09. The van der Waals surface area contributed by atoms with E-state index in [1.165, 1.54) is 6.07 Å². The zero-order valence-electron chi connectivity index (χ0n) is 9.70. The lowest BCUT2D eigenvalue weighted by molar-refractivity contribution is 0.578. The van der Waals surface area contributed by atoms with Gasteiger partial charge in [-0.2, -0.15) is 0 Å². The van der Waals surface area contributed by atoms with Gasteiger partial charge in [0.2, 0.25) is 10.0 Å². The summed E-state index contributed by atoms with van der Waals surface area (Å²) in [6, 6.07) is 4.65. The highest BCUT2D eigenvalue weighted by atomic mass is 35.5. The van der Waals surface area contributed by atoms with Crippen LogP contribution in [0.4, 0.5) is 5.69 Å². The molecule has 1 N–H and O–H groups in total. The van der Waals surface area contributed by atoms with E-state index in [1.807, 2.05) is 13.8 Å². The smallest absolute Gasteiger partial charge is 0.232 e. The second kappa shape index (κ2) is 5.94. The normalized spacial score (nSPS) is 11.8. The molecule has 0 aromatic heterocycles. The quantitative estimate of drug-likeness (QED) is 0.898. The molecule has 0 radical (unpaired) electrons. The second-order valence-corrected chi connectivity index (χ2v) is 6.91. The van der Waals surface area contributed by atoms with Gasteiger partial charge in [-0.25, -0.2) is 8.42 Å². The Morgan fingerprint density at radius 2 is 1.94 bits per heavy atom. The molecule has 0 fully saturated rings. The average molecular weight is 296 g/mol. The third-order valence-corrected chi connectivity index (χ3v) is 4.01. The van der Waals surface area contributed by atoms with Gasteiger partial charge >= 0.3 is 0 Å². The Balaban J connectivity index is 2.76. The van der Waals surface area contributed by atoms with Crippen LogP contribution in [-0.4, -0.2) is 14.2 Å². The molecule has 0 spiro atoms. The zero-order chi connectivity index (χ0) is 13.1. The molecule has 0 unspecified atom stereocenters. The largest absolute Gasteiger partial charge is 0.282 e. The van der Waals surface area contributed by atoms with Gasteiger partial charge in [0.15, 0.2) is 0 Å². The fraction of sp³-hybridized carbons (Fsp3) is 0.455. The van der Waals surface area contributed by atoms with Crippen LogP contribution in [0.15, 0.2) is 18.2 Å². The van der Waals surface area contributed by atoms with Crippen LogP contribution < -0.4 is 4.72 Å². The summed E-state index contributed by atoms with van der Waals surface area (Å²) in [5.41, 5.74) is 0.361. The standard InChI is InChI=1S/C11H15Cl2NO2S/c1-8(2)5-6-17(15,16)14-11-4-3-9(12)7-10(11)13/h3-4,7-8,14H,5-6H2,1-2H3. The van der Waals surface area contributed by atoms with Gasteiger partial charge in [-0.3, -0.25) is 4.72 Å². The van der Waals surface area contributed by atoms with Crippen molar-refractivity contribution in [3.63, 3.8) is 0 Å². The molecule has 17 heavy (non-hydrogen) atoms. The lowest BCUT2D eigenvalue weighted by Crippen LogP contribution is -2.18. The Labute approximate surface area is 112 Å². The van der Waals surface area contributed by atoms with E-state index in [2.05, 4.69) is 4.72 Å². The summed E-state index contributed by atoms with van der Waals surface area (Å²) in [4.78, 5) is 0. The van der Waals surface area contributed by atoms with E-state index in [-0.39, 0.29) is 5.75 Å². The summed E-state index contributed by atoms with van der Waals surface area (Å²) in [6.07, 6.45) is 0.612. The van der Waals surface area contributed by atoms with Crippen LogP contribution in [0.25, 0.3) is 0 Å². The lowest BCUT2D eigenvalue weighted by atomic mass is 10.2. The van der Waals surface area contributed by atoms with Crippen molar-refractivity contribution in [2.75, 3.05) is 10.5 Å². The average Bonchev–Trinajstić information content (AvgIpc) is 2.20. The molecule has 0 amide bonds. The molecule has 0 atom stereocenters. The first-order valence-corrected chi connectivity index (χ1v) is 7.66. The molecule has 1 aromatic rings. The van der Waals surface area contributed by atoms with E-state index >= 15 is 0 Å². The van der Waals surface area contributed by atoms with Gasteiger partial charge in [0.25, 0.3) is 0 Å². The zero-order valence-corrected chi connectivity index (χ0v) is 12.0. The molecule has 1 aromatic carbocycles. The first-order valence-electron chi connectivity index (χ1n) is 5.26. The molecule has 96 valence electrons. The van der Waals surface area contributed by atoms with Crippen LogP contribution in [0, 0.1) is 5.92 Å². The van der Waals surface area contributed by atoms with Crippen LogP contribution in [0.5, 0.6) is 0 Å². The van der Waals surface area contributed by atoms with Crippen molar-refractivity contribution in [2.24, 2.45) is 5.92 Å². The minimum atomic E-state index is -3.34. The number of benzene rings is 1. The van der Waals surface area contributed by atoms with Crippen molar-refractivity contribution in [3.05, 3.63) is 28.2 Å². The molecule has 0 saturated carbocycles. The van der Waals surface area contributed by atoms with E-state index in [1.54, 1.807) is 12.1 Å². The highest BCUT2D eigenvalue weighted by molar-refractivity contribution is 7.92. The molecule has 0 aliphatic rings.